The molecule has 4 heteroatoms. The van der Waals surface area contributed by atoms with Crippen molar-refractivity contribution in [3.8, 4) is 5.75 Å². The van der Waals surface area contributed by atoms with Crippen LogP contribution in [0.25, 0.3) is 0 Å². The van der Waals surface area contributed by atoms with Crippen LogP contribution in [-0.4, -0.2) is 26.2 Å². The highest BCUT2D eigenvalue weighted by atomic mass is 16.6. The van der Waals surface area contributed by atoms with Crippen LogP contribution in [0.4, 0.5) is 0 Å². The van der Waals surface area contributed by atoms with Crippen molar-refractivity contribution in [1.29, 1.82) is 0 Å². The molecule has 19 heavy (non-hydrogen) atoms. The summed E-state index contributed by atoms with van der Waals surface area (Å²) in [5.74, 6) is 0.363. The molecule has 1 aromatic carbocycles. The molecule has 1 aliphatic carbocycles. The van der Waals surface area contributed by atoms with Crippen LogP contribution in [-0.2, 0) is 16.0 Å². The topological polar surface area (TPSA) is 47.6 Å². The Morgan fingerprint density at radius 3 is 2.95 bits per heavy atom. The molecular formula is C15H21NO3. The van der Waals surface area contributed by atoms with Gasteiger partial charge in [-0.3, -0.25) is 0 Å². The first kappa shape index (κ1) is 13.9. The molecule has 1 aliphatic rings. The minimum atomic E-state index is -0.584. The molecule has 0 fully saturated rings. The van der Waals surface area contributed by atoms with E-state index in [4.69, 9.17) is 4.74 Å². The lowest BCUT2D eigenvalue weighted by Crippen LogP contribution is -2.25. The average Bonchev–Trinajstić information content (AvgIpc) is 2.45. The lowest BCUT2D eigenvalue weighted by atomic mass is 9.87. The number of fused-ring (bicyclic) bond motifs is 1. The van der Waals surface area contributed by atoms with Crippen molar-refractivity contribution < 1.29 is 14.3 Å². The van der Waals surface area contributed by atoms with Crippen molar-refractivity contribution in [2.45, 2.75) is 38.3 Å². The highest BCUT2D eigenvalue weighted by Crippen LogP contribution is 2.32. The Morgan fingerprint density at radius 1 is 1.47 bits per heavy atom. The average molecular weight is 263 g/mol. The second-order valence-electron chi connectivity index (χ2n) is 4.88. The molecule has 0 radical (unpaired) electrons. The molecule has 1 N–H and O–H groups in total. The number of hydrogen-bond donors (Lipinski definition) is 1. The summed E-state index contributed by atoms with van der Waals surface area (Å²) in [6, 6.07) is 6.43. The van der Waals surface area contributed by atoms with Crippen molar-refractivity contribution in [1.82, 2.24) is 5.32 Å². The van der Waals surface area contributed by atoms with E-state index >= 15 is 0 Å². The molecule has 0 saturated carbocycles. The van der Waals surface area contributed by atoms with E-state index < -0.39 is 6.10 Å². The predicted octanol–water partition coefficient (Wildman–Crippen LogP) is 2.22. The first-order valence-electron chi connectivity index (χ1n) is 6.70. The van der Waals surface area contributed by atoms with Crippen molar-refractivity contribution in [3.63, 3.8) is 0 Å². The zero-order valence-electron chi connectivity index (χ0n) is 11.7. The maximum absolute atomic E-state index is 11.4. The number of methoxy groups -OCH3 is 1. The van der Waals surface area contributed by atoms with Crippen molar-refractivity contribution in [3.05, 3.63) is 29.3 Å². The van der Waals surface area contributed by atoms with E-state index in [9.17, 15) is 4.79 Å². The number of carbonyl (C=O) groups excluding carboxylic acids is 1. The second kappa shape index (κ2) is 6.06. The Bertz CT molecular complexity index is 459. The summed E-state index contributed by atoms with van der Waals surface area (Å²) in [5, 5.41) is 3.33. The van der Waals surface area contributed by atoms with Gasteiger partial charge in [0.2, 0.25) is 0 Å². The lowest BCUT2D eigenvalue weighted by Gasteiger charge is -2.26. The van der Waals surface area contributed by atoms with E-state index in [1.165, 1.54) is 24.7 Å². The number of benzene rings is 1. The van der Waals surface area contributed by atoms with E-state index in [1.54, 1.807) is 6.92 Å². The fourth-order valence-corrected chi connectivity index (χ4v) is 2.57. The number of hydrogen-bond acceptors (Lipinski definition) is 4. The highest BCUT2D eigenvalue weighted by molar-refractivity contribution is 5.74. The molecule has 2 unspecified atom stereocenters. The summed E-state index contributed by atoms with van der Waals surface area (Å²) >= 11 is 0. The third kappa shape index (κ3) is 3.07. The van der Waals surface area contributed by atoms with E-state index in [0.717, 1.165) is 18.6 Å². The molecule has 0 amide bonds. The Hall–Kier alpha value is -1.55. The van der Waals surface area contributed by atoms with Crippen LogP contribution in [0, 0.1) is 0 Å². The lowest BCUT2D eigenvalue weighted by molar-refractivity contribution is -0.147. The zero-order valence-corrected chi connectivity index (χ0v) is 11.7. The van der Waals surface area contributed by atoms with Gasteiger partial charge in [-0.25, -0.2) is 4.79 Å². The largest absolute Gasteiger partial charge is 0.479 e. The van der Waals surface area contributed by atoms with Gasteiger partial charge in [0, 0.05) is 6.04 Å². The van der Waals surface area contributed by atoms with Crippen molar-refractivity contribution >= 4 is 5.97 Å². The van der Waals surface area contributed by atoms with Gasteiger partial charge in [-0.05, 0) is 56.5 Å². The summed E-state index contributed by atoms with van der Waals surface area (Å²) in [6.07, 6.45) is 2.87. The minimum Gasteiger partial charge on any atom is -0.479 e. The van der Waals surface area contributed by atoms with Crippen LogP contribution >= 0.6 is 0 Å². The van der Waals surface area contributed by atoms with Gasteiger partial charge in [0.1, 0.15) is 5.75 Å². The van der Waals surface area contributed by atoms with Crippen molar-refractivity contribution in [2.75, 3.05) is 14.2 Å². The summed E-state index contributed by atoms with van der Waals surface area (Å²) in [6.45, 7) is 1.70. The SMILES string of the molecule is CNC1CCCc2ccc(OC(C)C(=O)OC)cc21. The number of nitrogens with one attached hydrogen (secondary N) is 1. The van der Waals surface area contributed by atoms with Gasteiger partial charge in [0.25, 0.3) is 0 Å². The normalized spacial score (nSPS) is 19.4. The number of carbonyl (C=O) groups is 1. The van der Waals surface area contributed by atoms with Gasteiger partial charge < -0.3 is 14.8 Å². The number of aryl methyl sites for hydroxylation is 1. The van der Waals surface area contributed by atoms with Crippen LogP contribution in [0.2, 0.25) is 0 Å². The molecule has 2 atom stereocenters. The standard InChI is InChI=1S/C15H21NO3/c1-10(15(17)18-3)19-12-8-7-11-5-4-6-14(16-2)13(11)9-12/h7-10,14,16H,4-6H2,1-3H3. The quantitative estimate of drug-likeness (QED) is 0.846. The van der Waals surface area contributed by atoms with Gasteiger partial charge in [-0.1, -0.05) is 6.07 Å². The second-order valence-corrected chi connectivity index (χ2v) is 4.88. The fraction of sp³-hybridized carbons (Fsp3) is 0.533. The van der Waals surface area contributed by atoms with Crippen LogP contribution in [0.15, 0.2) is 18.2 Å². The Labute approximate surface area is 114 Å². The molecule has 0 aromatic heterocycles. The smallest absolute Gasteiger partial charge is 0.346 e. The van der Waals surface area contributed by atoms with E-state index in [1.807, 2.05) is 19.2 Å². The van der Waals surface area contributed by atoms with Crippen LogP contribution in [0.3, 0.4) is 0 Å². The van der Waals surface area contributed by atoms with Crippen LogP contribution in [0.5, 0.6) is 5.75 Å². The Balaban J connectivity index is 2.17. The third-order valence-electron chi connectivity index (χ3n) is 3.63. The third-order valence-corrected chi connectivity index (χ3v) is 3.63. The maximum Gasteiger partial charge on any atom is 0.346 e. The predicted molar refractivity (Wildman–Crippen MR) is 73.3 cm³/mol. The Morgan fingerprint density at radius 2 is 2.26 bits per heavy atom. The molecule has 2 rings (SSSR count). The summed E-state index contributed by atoms with van der Waals surface area (Å²) < 4.78 is 10.3. The van der Waals surface area contributed by atoms with Gasteiger partial charge in [-0.2, -0.15) is 0 Å². The maximum atomic E-state index is 11.4. The van der Waals surface area contributed by atoms with Crippen LogP contribution < -0.4 is 10.1 Å². The molecule has 0 spiro atoms. The van der Waals surface area contributed by atoms with Gasteiger partial charge >= 0.3 is 5.97 Å². The number of rotatable bonds is 4. The summed E-state index contributed by atoms with van der Waals surface area (Å²) in [4.78, 5) is 11.4. The Kier molecular flexibility index (Phi) is 4.43. The molecule has 0 bridgehead atoms. The summed E-state index contributed by atoms with van der Waals surface area (Å²) in [5.41, 5.74) is 2.65. The van der Waals surface area contributed by atoms with Crippen LogP contribution in [0.1, 0.15) is 36.9 Å². The molecule has 104 valence electrons. The van der Waals surface area contributed by atoms with Gasteiger partial charge in [0.05, 0.1) is 7.11 Å². The number of esters is 1. The molecular weight excluding hydrogens is 242 g/mol. The first-order valence-corrected chi connectivity index (χ1v) is 6.70. The summed E-state index contributed by atoms with van der Waals surface area (Å²) in [7, 11) is 3.34. The first-order chi connectivity index (χ1) is 9.15. The van der Waals surface area contributed by atoms with E-state index in [2.05, 4.69) is 16.1 Å². The van der Waals surface area contributed by atoms with E-state index in [-0.39, 0.29) is 5.97 Å². The van der Waals surface area contributed by atoms with Crippen molar-refractivity contribution in [2.24, 2.45) is 0 Å². The molecule has 1 aromatic rings. The monoisotopic (exact) mass is 263 g/mol. The molecule has 0 heterocycles. The molecule has 0 aliphatic heterocycles. The highest BCUT2D eigenvalue weighted by Gasteiger charge is 2.20. The fourth-order valence-electron chi connectivity index (χ4n) is 2.57. The van der Waals surface area contributed by atoms with E-state index in [0.29, 0.717) is 6.04 Å². The van der Waals surface area contributed by atoms with Gasteiger partial charge in [0.15, 0.2) is 6.10 Å². The number of ether oxygens (including phenoxy) is 2. The molecule has 4 nitrogen and oxygen atoms in total. The minimum absolute atomic E-state index is 0.358. The zero-order chi connectivity index (χ0) is 13.8. The molecule has 0 saturated heterocycles. The van der Waals surface area contributed by atoms with Gasteiger partial charge in [-0.15, -0.1) is 0 Å².